The Morgan fingerprint density at radius 1 is 1.00 bits per heavy atom. The molecule has 1 aromatic carbocycles. The first-order chi connectivity index (χ1) is 8.31. The Bertz CT molecular complexity index is 556. The van der Waals surface area contributed by atoms with Gasteiger partial charge in [0.05, 0.1) is 0 Å². The molecule has 0 aromatic heterocycles. The van der Waals surface area contributed by atoms with Crippen LogP contribution in [0.15, 0.2) is 34.3 Å². The lowest BCUT2D eigenvalue weighted by atomic mass is 9.96. The summed E-state index contributed by atoms with van der Waals surface area (Å²) in [5.41, 5.74) is 1.19. The average molecular weight is 363 g/mol. The lowest BCUT2D eigenvalue weighted by molar-refractivity contribution is 0.961. The highest BCUT2D eigenvalue weighted by molar-refractivity contribution is 6.57. The Labute approximate surface area is 135 Å². The molecule has 0 radical (unpaired) electrons. The Hall–Kier alpha value is 0.440. The molecular formula is C12H6Cl6. The molecule has 2 rings (SSSR count). The van der Waals surface area contributed by atoms with Crippen molar-refractivity contribution in [2.45, 2.75) is 10.8 Å². The van der Waals surface area contributed by atoms with Crippen molar-refractivity contribution in [3.63, 3.8) is 0 Å². The summed E-state index contributed by atoms with van der Waals surface area (Å²) in [6, 6.07) is 5.04. The highest BCUT2D eigenvalue weighted by Gasteiger charge is 2.36. The van der Waals surface area contributed by atoms with Crippen molar-refractivity contribution >= 4 is 75.2 Å². The summed E-state index contributed by atoms with van der Waals surface area (Å²) in [5.74, 6) is 0. The van der Waals surface area contributed by atoms with E-state index in [-0.39, 0.29) is 6.42 Å². The van der Waals surface area contributed by atoms with Gasteiger partial charge in [-0.1, -0.05) is 75.7 Å². The molecule has 0 unspecified atom stereocenters. The quantitative estimate of drug-likeness (QED) is 0.491. The Morgan fingerprint density at radius 3 is 2.22 bits per heavy atom. The van der Waals surface area contributed by atoms with Gasteiger partial charge >= 0.3 is 0 Å². The molecule has 0 aliphatic heterocycles. The van der Waals surface area contributed by atoms with E-state index in [0.717, 1.165) is 0 Å². The number of halogens is 6. The predicted octanol–water partition coefficient (Wildman–Crippen LogP) is 6.64. The summed E-state index contributed by atoms with van der Waals surface area (Å²) in [6.45, 7) is 0. The number of alkyl halides is 2. The van der Waals surface area contributed by atoms with E-state index in [0.29, 0.717) is 31.2 Å². The summed E-state index contributed by atoms with van der Waals surface area (Å²) >= 11 is 36.7. The van der Waals surface area contributed by atoms with E-state index >= 15 is 0 Å². The van der Waals surface area contributed by atoms with Crippen molar-refractivity contribution in [2.24, 2.45) is 0 Å². The zero-order valence-corrected chi connectivity index (χ0v) is 13.3. The van der Waals surface area contributed by atoms with E-state index in [4.69, 9.17) is 69.6 Å². The third kappa shape index (κ3) is 2.95. The Kier molecular flexibility index (Phi) is 4.48. The maximum atomic E-state index is 6.28. The largest absolute Gasteiger partial charge is 0.150 e. The van der Waals surface area contributed by atoms with Crippen molar-refractivity contribution in [1.29, 1.82) is 0 Å². The number of allylic oxidation sites excluding steroid dienone is 4. The van der Waals surface area contributed by atoms with Crippen molar-refractivity contribution in [2.75, 3.05) is 0 Å². The standard InChI is InChI=1S/C12H6Cl6/c13-6-1-2-8(9(15)3-6)11-10(16)4-7(14)5-12(11,17)18/h1-4H,5H2. The molecule has 1 aromatic rings. The fraction of sp³-hybridized carbons (Fsp3) is 0.167. The van der Waals surface area contributed by atoms with Crippen LogP contribution in [0.3, 0.4) is 0 Å². The van der Waals surface area contributed by atoms with Crippen LogP contribution in [0.4, 0.5) is 0 Å². The van der Waals surface area contributed by atoms with E-state index in [9.17, 15) is 0 Å². The Balaban J connectivity index is 2.64. The van der Waals surface area contributed by atoms with Gasteiger partial charge in [0.1, 0.15) is 4.33 Å². The number of hydrogen-bond donors (Lipinski definition) is 0. The van der Waals surface area contributed by atoms with E-state index in [1.165, 1.54) is 0 Å². The first-order valence-corrected chi connectivity index (χ1v) is 7.17. The van der Waals surface area contributed by atoms with Gasteiger partial charge in [0.15, 0.2) is 0 Å². The molecule has 96 valence electrons. The SMILES string of the molecule is ClC1=CC(Cl)=C(c2ccc(Cl)cc2Cl)C(Cl)(Cl)C1. The fourth-order valence-corrected chi connectivity index (χ4v) is 3.95. The van der Waals surface area contributed by atoms with Gasteiger partial charge in [0.2, 0.25) is 0 Å². The molecule has 0 saturated carbocycles. The lowest BCUT2D eigenvalue weighted by Crippen LogP contribution is -2.19. The molecule has 0 bridgehead atoms. The molecule has 18 heavy (non-hydrogen) atoms. The molecule has 0 heterocycles. The second-order valence-electron chi connectivity index (χ2n) is 3.82. The smallest absolute Gasteiger partial charge is 0.0958 e. The van der Waals surface area contributed by atoms with E-state index in [1.54, 1.807) is 24.3 Å². The highest BCUT2D eigenvalue weighted by atomic mass is 35.5. The van der Waals surface area contributed by atoms with Gasteiger partial charge in [-0.25, -0.2) is 0 Å². The molecular weight excluding hydrogens is 357 g/mol. The zero-order chi connectivity index (χ0) is 13.5. The van der Waals surface area contributed by atoms with Crippen LogP contribution in [0.5, 0.6) is 0 Å². The van der Waals surface area contributed by atoms with Crippen LogP contribution >= 0.6 is 69.6 Å². The third-order valence-corrected chi connectivity index (χ3v) is 4.21. The molecule has 0 amide bonds. The van der Waals surface area contributed by atoms with E-state index < -0.39 is 4.33 Å². The van der Waals surface area contributed by atoms with E-state index in [2.05, 4.69) is 0 Å². The van der Waals surface area contributed by atoms with Crippen LogP contribution in [0.25, 0.3) is 5.57 Å². The number of benzene rings is 1. The maximum absolute atomic E-state index is 6.28. The molecule has 1 aliphatic rings. The van der Waals surface area contributed by atoms with Gasteiger partial charge < -0.3 is 0 Å². The molecule has 1 aliphatic carbocycles. The number of rotatable bonds is 1. The first kappa shape index (κ1) is 14.8. The first-order valence-electron chi connectivity index (χ1n) is 4.91. The summed E-state index contributed by atoms with van der Waals surface area (Å²) < 4.78 is -1.21. The predicted molar refractivity (Wildman–Crippen MR) is 82.2 cm³/mol. The minimum atomic E-state index is -1.21. The van der Waals surface area contributed by atoms with Crippen molar-refractivity contribution in [1.82, 2.24) is 0 Å². The van der Waals surface area contributed by atoms with Gasteiger partial charge in [-0.3, -0.25) is 0 Å². The van der Waals surface area contributed by atoms with Gasteiger partial charge in [0.25, 0.3) is 0 Å². The van der Waals surface area contributed by atoms with Gasteiger partial charge in [-0.05, 0) is 18.2 Å². The molecule has 0 saturated heterocycles. The summed E-state index contributed by atoms with van der Waals surface area (Å²) in [4.78, 5) is 0. The summed E-state index contributed by atoms with van der Waals surface area (Å²) in [6.07, 6.45) is 1.90. The minimum absolute atomic E-state index is 0.280. The molecule has 0 N–H and O–H groups in total. The fourth-order valence-electron chi connectivity index (χ4n) is 1.75. The lowest BCUT2D eigenvalue weighted by Gasteiger charge is -2.28. The van der Waals surface area contributed by atoms with Crippen LogP contribution in [0, 0.1) is 0 Å². The second kappa shape index (κ2) is 5.44. The summed E-state index contributed by atoms with van der Waals surface area (Å²) in [5, 5.41) is 1.84. The summed E-state index contributed by atoms with van der Waals surface area (Å²) in [7, 11) is 0. The molecule has 0 nitrogen and oxygen atoms in total. The van der Waals surface area contributed by atoms with Crippen LogP contribution in [0.2, 0.25) is 10.0 Å². The molecule has 6 heteroatoms. The highest BCUT2D eigenvalue weighted by Crippen LogP contribution is 2.50. The molecule has 0 fully saturated rings. The maximum Gasteiger partial charge on any atom is 0.150 e. The molecule has 0 spiro atoms. The van der Waals surface area contributed by atoms with Crippen molar-refractivity contribution < 1.29 is 0 Å². The van der Waals surface area contributed by atoms with Crippen LogP contribution in [0.1, 0.15) is 12.0 Å². The van der Waals surface area contributed by atoms with E-state index in [1.807, 2.05) is 0 Å². The third-order valence-electron chi connectivity index (χ3n) is 2.48. The van der Waals surface area contributed by atoms with Gasteiger partial charge in [-0.2, -0.15) is 0 Å². The van der Waals surface area contributed by atoms with Crippen molar-refractivity contribution in [3.8, 4) is 0 Å². The second-order valence-corrected chi connectivity index (χ2v) is 7.04. The average Bonchev–Trinajstić information content (AvgIpc) is 2.18. The Morgan fingerprint density at radius 2 is 1.67 bits per heavy atom. The topological polar surface area (TPSA) is 0 Å². The monoisotopic (exact) mass is 360 g/mol. The van der Waals surface area contributed by atoms with Gasteiger partial charge in [0, 0.05) is 37.7 Å². The number of hydrogen-bond acceptors (Lipinski definition) is 0. The van der Waals surface area contributed by atoms with Gasteiger partial charge in [-0.15, -0.1) is 0 Å². The van der Waals surface area contributed by atoms with Crippen LogP contribution in [-0.2, 0) is 0 Å². The molecule has 0 atom stereocenters. The normalized spacial score (nSPS) is 18.9. The van der Waals surface area contributed by atoms with Crippen molar-refractivity contribution in [3.05, 3.63) is 49.9 Å². The minimum Gasteiger partial charge on any atom is -0.0958 e. The zero-order valence-electron chi connectivity index (χ0n) is 8.78. The van der Waals surface area contributed by atoms with Crippen LogP contribution < -0.4 is 0 Å². The van der Waals surface area contributed by atoms with Crippen LogP contribution in [-0.4, -0.2) is 4.33 Å².